The van der Waals surface area contributed by atoms with Gasteiger partial charge in [0.25, 0.3) is 0 Å². The molecule has 1 heterocycles. The van der Waals surface area contributed by atoms with Crippen LogP contribution in [0, 0.1) is 0 Å². The van der Waals surface area contributed by atoms with Gasteiger partial charge in [0.1, 0.15) is 0 Å². The minimum Gasteiger partial charge on any atom is -0.384 e. The minimum absolute atomic E-state index is 0.797. The van der Waals surface area contributed by atoms with Gasteiger partial charge in [-0.15, -0.1) is 0 Å². The molecule has 0 aromatic heterocycles. The summed E-state index contributed by atoms with van der Waals surface area (Å²) >= 11 is 2.12. The molecule has 1 atom stereocenters. The molecular formula is C16H19NS. The van der Waals surface area contributed by atoms with Gasteiger partial charge in [0.2, 0.25) is 0 Å². The van der Waals surface area contributed by atoms with Gasteiger partial charge in [0.05, 0.1) is 0 Å². The highest BCUT2D eigenvalue weighted by atomic mass is 32.2. The quantitative estimate of drug-likeness (QED) is 0.866. The van der Waals surface area contributed by atoms with Crippen LogP contribution in [0.25, 0.3) is 10.8 Å². The van der Waals surface area contributed by atoms with Gasteiger partial charge < -0.3 is 5.32 Å². The van der Waals surface area contributed by atoms with Crippen molar-refractivity contribution in [1.82, 2.24) is 0 Å². The van der Waals surface area contributed by atoms with E-state index in [0.717, 1.165) is 11.8 Å². The summed E-state index contributed by atoms with van der Waals surface area (Å²) in [5, 5.41) is 7.02. The fraction of sp³-hybridized carbons (Fsp3) is 0.375. The Morgan fingerprint density at radius 2 is 1.94 bits per heavy atom. The Bertz CT molecular complexity index is 517. The maximum absolute atomic E-state index is 3.59. The van der Waals surface area contributed by atoms with Crippen LogP contribution in [-0.4, -0.2) is 17.5 Å². The average Bonchev–Trinajstić information content (AvgIpc) is 2.46. The fourth-order valence-electron chi connectivity index (χ4n) is 2.50. The van der Waals surface area contributed by atoms with E-state index in [-0.39, 0.29) is 0 Å². The predicted molar refractivity (Wildman–Crippen MR) is 82.5 cm³/mol. The lowest BCUT2D eigenvalue weighted by Crippen LogP contribution is -2.19. The number of hydrogen-bond acceptors (Lipinski definition) is 2. The van der Waals surface area contributed by atoms with E-state index in [1.165, 1.54) is 41.5 Å². The van der Waals surface area contributed by atoms with Crippen LogP contribution in [-0.2, 0) is 0 Å². The predicted octanol–water partition coefficient (Wildman–Crippen LogP) is 4.54. The Morgan fingerprint density at radius 1 is 1.06 bits per heavy atom. The monoisotopic (exact) mass is 257 g/mol. The van der Waals surface area contributed by atoms with Crippen molar-refractivity contribution in [2.24, 2.45) is 0 Å². The number of hydrogen-bond donors (Lipinski definition) is 1. The summed E-state index contributed by atoms with van der Waals surface area (Å²) in [5.74, 6) is 1.34. The van der Waals surface area contributed by atoms with Crippen LogP contribution in [0.4, 0.5) is 5.69 Å². The van der Waals surface area contributed by atoms with Crippen LogP contribution >= 0.6 is 11.8 Å². The lowest BCUT2D eigenvalue weighted by atomic mass is 10.1. The van der Waals surface area contributed by atoms with Crippen LogP contribution in [0.5, 0.6) is 0 Å². The molecule has 1 nitrogen and oxygen atoms in total. The first-order valence-electron chi connectivity index (χ1n) is 6.76. The second-order valence-electron chi connectivity index (χ2n) is 4.93. The SMILES string of the molecule is c1ccc2cc(NCC3CCCCS3)ccc2c1. The van der Waals surface area contributed by atoms with E-state index in [9.17, 15) is 0 Å². The first kappa shape index (κ1) is 11.9. The van der Waals surface area contributed by atoms with Crippen molar-refractivity contribution in [3.8, 4) is 0 Å². The standard InChI is InChI=1S/C16H19NS/c1-2-6-14-11-15(9-8-13(14)5-1)17-12-16-7-3-4-10-18-16/h1-2,5-6,8-9,11,16-17H,3-4,7,10,12H2. The van der Waals surface area contributed by atoms with E-state index in [2.05, 4.69) is 59.5 Å². The normalized spacial score (nSPS) is 19.9. The lowest BCUT2D eigenvalue weighted by molar-refractivity contribution is 0.677. The van der Waals surface area contributed by atoms with Crippen molar-refractivity contribution in [2.45, 2.75) is 24.5 Å². The van der Waals surface area contributed by atoms with E-state index in [4.69, 9.17) is 0 Å². The topological polar surface area (TPSA) is 12.0 Å². The highest BCUT2D eigenvalue weighted by Gasteiger charge is 2.13. The summed E-state index contributed by atoms with van der Waals surface area (Å²) in [4.78, 5) is 0. The Labute approximate surface area is 113 Å². The van der Waals surface area contributed by atoms with E-state index >= 15 is 0 Å². The van der Waals surface area contributed by atoms with Gasteiger partial charge in [-0.05, 0) is 41.5 Å². The number of benzene rings is 2. The molecule has 0 amide bonds. The Hall–Kier alpha value is -1.15. The molecule has 18 heavy (non-hydrogen) atoms. The molecule has 1 aliphatic rings. The molecule has 2 aromatic rings. The molecule has 94 valence electrons. The smallest absolute Gasteiger partial charge is 0.0346 e. The van der Waals surface area contributed by atoms with Crippen LogP contribution in [0.2, 0.25) is 0 Å². The molecule has 1 N–H and O–H groups in total. The average molecular weight is 257 g/mol. The highest BCUT2D eigenvalue weighted by molar-refractivity contribution is 7.99. The number of nitrogens with one attached hydrogen (secondary N) is 1. The summed E-state index contributed by atoms with van der Waals surface area (Å²) in [5.41, 5.74) is 1.25. The number of thioether (sulfide) groups is 1. The van der Waals surface area contributed by atoms with Gasteiger partial charge in [0.15, 0.2) is 0 Å². The largest absolute Gasteiger partial charge is 0.384 e. The third kappa shape index (κ3) is 2.81. The Kier molecular flexibility index (Phi) is 3.75. The summed E-state index contributed by atoms with van der Waals surface area (Å²) in [6.45, 7) is 1.10. The fourth-order valence-corrected chi connectivity index (χ4v) is 3.74. The van der Waals surface area contributed by atoms with E-state index < -0.39 is 0 Å². The molecule has 0 saturated carbocycles. The molecular weight excluding hydrogens is 238 g/mol. The van der Waals surface area contributed by atoms with Gasteiger partial charge in [-0.2, -0.15) is 11.8 Å². The summed E-state index contributed by atoms with van der Waals surface area (Å²) < 4.78 is 0. The summed E-state index contributed by atoms with van der Waals surface area (Å²) in [6, 6.07) is 15.2. The first-order chi connectivity index (χ1) is 8.92. The molecule has 0 aliphatic carbocycles. The third-order valence-corrected chi connectivity index (χ3v) is 4.96. The van der Waals surface area contributed by atoms with Crippen LogP contribution in [0.3, 0.4) is 0 Å². The third-order valence-electron chi connectivity index (χ3n) is 3.56. The van der Waals surface area contributed by atoms with Crippen molar-refractivity contribution >= 4 is 28.2 Å². The Morgan fingerprint density at radius 3 is 2.78 bits per heavy atom. The van der Waals surface area contributed by atoms with E-state index in [1.54, 1.807) is 0 Å². The van der Waals surface area contributed by atoms with Crippen molar-refractivity contribution in [3.05, 3.63) is 42.5 Å². The Balaban J connectivity index is 1.66. The molecule has 0 bridgehead atoms. The second kappa shape index (κ2) is 5.66. The van der Waals surface area contributed by atoms with Gasteiger partial charge >= 0.3 is 0 Å². The van der Waals surface area contributed by atoms with Gasteiger partial charge in [-0.3, -0.25) is 0 Å². The molecule has 1 fully saturated rings. The zero-order valence-corrected chi connectivity index (χ0v) is 11.4. The second-order valence-corrected chi connectivity index (χ2v) is 6.34. The van der Waals surface area contributed by atoms with Crippen LogP contribution < -0.4 is 5.32 Å². The van der Waals surface area contributed by atoms with E-state index in [0.29, 0.717) is 0 Å². The van der Waals surface area contributed by atoms with Crippen molar-refractivity contribution in [2.75, 3.05) is 17.6 Å². The molecule has 3 rings (SSSR count). The van der Waals surface area contributed by atoms with Crippen LogP contribution in [0.15, 0.2) is 42.5 Å². The number of anilines is 1. The molecule has 1 saturated heterocycles. The van der Waals surface area contributed by atoms with Crippen molar-refractivity contribution in [1.29, 1.82) is 0 Å². The number of rotatable bonds is 3. The molecule has 0 spiro atoms. The maximum atomic E-state index is 3.59. The minimum atomic E-state index is 0.797. The zero-order valence-electron chi connectivity index (χ0n) is 10.6. The van der Waals surface area contributed by atoms with Crippen LogP contribution in [0.1, 0.15) is 19.3 Å². The lowest BCUT2D eigenvalue weighted by Gasteiger charge is -2.22. The maximum Gasteiger partial charge on any atom is 0.0346 e. The number of fused-ring (bicyclic) bond motifs is 1. The molecule has 0 radical (unpaired) electrons. The highest BCUT2D eigenvalue weighted by Crippen LogP contribution is 2.26. The molecule has 1 aliphatic heterocycles. The summed E-state index contributed by atoms with van der Waals surface area (Å²) in [7, 11) is 0. The van der Waals surface area contributed by atoms with Crippen molar-refractivity contribution < 1.29 is 0 Å². The molecule has 2 aromatic carbocycles. The van der Waals surface area contributed by atoms with Gasteiger partial charge in [0, 0.05) is 17.5 Å². The van der Waals surface area contributed by atoms with Gasteiger partial charge in [-0.25, -0.2) is 0 Å². The molecule has 1 unspecified atom stereocenters. The van der Waals surface area contributed by atoms with E-state index in [1.807, 2.05) is 0 Å². The van der Waals surface area contributed by atoms with Gasteiger partial charge in [-0.1, -0.05) is 36.8 Å². The first-order valence-corrected chi connectivity index (χ1v) is 7.81. The zero-order chi connectivity index (χ0) is 12.2. The summed E-state index contributed by atoms with van der Waals surface area (Å²) in [6.07, 6.45) is 4.17. The van der Waals surface area contributed by atoms with Crippen molar-refractivity contribution in [3.63, 3.8) is 0 Å². The molecule has 2 heteroatoms.